The molecule has 0 atom stereocenters. The zero-order valence-electron chi connectivity index (χ0n) is 9.81. The van der Waals surface area contributed by atoms with E-state index in [2.05, 4.69) is 21.0 Å². The Labute approximate surface area is 104 Å². The Morgan fingerprint density at radius 2 is 1.94 bits per heavy atom. The predicted octanol–water partition coefficient (Wildman–Crippen LogP) is 2.80. The number of nitrogens with zero attached hydrogens (tertiary/aromatic N) is 3. The van der Waals surface area contributed by atoms with E-state index in [1.165, 1.54) is 0 Å². The second-order valence-corrected chi connectivity index (χ2v) is 4.07. The number of hydrogen-bond donors (Lipinski definition) is 1. The zero-order valence-corrected chi connectivity index (χ0v) is 9.81. The lowest BCUT2D eigenvalue weighted by molar-refractivity contribution is 1.17. The van der Waals surface area contributed by atoms with Crippen LogP contribution in [0.2, 0.25) is 0 Å². The lowest BCUT2D eigenvalue weighted by atomic mass is 10.1. The summed E-state index contributed by atoms with van der Waals surface area (Å²) in [7, 11) is 0. The highest BCUT2D eigenvalue weighted by Crippen LogP contribution is 2.24. The molecule has 2 aromatic heterocycles. The number of benzene rings is 1. The number of nitriles is 1. The van der Waals surface area contributed by atoms with Gasteiger partial charge in [0.15, 0.2) is 0 Å². The van der Waals surface area contributed by atoms with Gasteiger partial charge in [0.1, 0.15) is 11.3 Å². The molecule has 0 spiro atoms. The van der Waals surface area contributed by atoms with E-state index in [0.29, 0.717) is 5.56 Å². The molecular weight excluding hydrogens is 224 g/mol. The summed E-state index contributed by atoms with van der Waals surface area (Å²) in [5.41, 5.74) is 4.28. The fourth-order valence-electron chi connectivity index (χ4n) is 1.97. The van der Waals surface area contributed by atoms with Gasteiger partial charge in [-0.15, -0.1) is 0 Å². The summed E-state index contributed by atoms with van der Waals surface area (Å²) >= 11 is 0. The lowest BCUT2D eigenvalue weighted by Gasteiger charge is -2.01. The van der Waals surface area contributed by atoms with Gasteiger partial charge in [0.2, 0.25) is 0 Å². The van der Waals surface area contributed by atoms with Gasteiger partial charge >= 0.3 is 0 Å². The summed E-state index contributed by atoms with van der Waals surface area (Å²) in [6.45, 7) is 1.92. The van der Waals surface area contributed by atoms with Crippen LogP contribution in [0.5, 0.6) is 0 Å². The van der Waals surface area contributed by atoms with Crippen molar-refractivity contribution in [2.75, 3.05) is 0 Å². The number of aryl methyl sites for hydroxylation is 1. The third-order valence-corrected chi connectivity index (χ3v) is 2.81. The minimum absolute atomic E-state index is 0.643. The third-order valence-electron chi connectivity index (χ3n) is 2.81. The van der Waals surface area contributed by atoms with Crippen molar-refractivity contribution >= 4 is 11.0 Å². The summed E-state index contributed by atoms with van der Waals surface area (Å²) < 4.78 is 0. The SMILES string of the molecule is Cc1nc2c(-c3ccc(C#N)cc3)nccc2[nH]1. The van der Waals surface area contributed by atoms with Gasteiger partial charge < -0.3 is 4.98 Å². The van der Waals surface area contributed by atoms with Crippen molar-refractivity contribution in [3.63, 3.8) is 0 Å². The maximum Gasteiger partial charge on any atom is 0.115 e. The van der Waals surface area contributed by atoms with Crippen molar-refractivity contribution < 1.29 is 0 Å². The maximum atomic E-state index is 8.79. The fourth-order valence-corrected chi connectivity index (χ4v) is 1.97. The Morgan fingerprint density at radius 1 is 1.17 bits per heavy atom. The van der Waals surface area contributed by atoms with Crippen LogP contribution in [-0.2, 0) is 0 Å². The number of aromatic amines is 1. The van der Waals surface area contributed by atoms with Crippen molar-refractivity contribution in [2.45, 2.75) is 6.92 Å². The van der Waals surface area contributed by atoms with Gasteiger partial charge in [-0.1, -0.05) is 12.1 Å². The van der Waals surface area contributed by atoms with E-state index in [1.54, 1.807) is 18.3 Å². The number of imidazole rings is 1. The highest BCUT2D eigenvalue weighted by Gasteiger charge is 2.08. The molecule has 1 aromatic carbocycles. The molecule has 4 heteroatoms. The van der Waals surface area contributed by atoms with Crippen molar-refractivity contribution in [1.82, 2.24) is 15.0 Å². The summed E-state index contributed by atoms with van der Waals surface area (Å²) in [6.07, 6.45) is 1.76. The second-order valence-electron chi connectivity index (χ2n) is 4.07. The first-order valence-electron chi connectivity index (χ1n) is 5.60. The summed E-state index contributed by atoms with van der Waals surface area (Å²) in [4.78, 5) is 12.0. The molecule has 4 nitrogen and oxygen atoms in total. The second kappa shape index (κ2) is 3.97. The van der Waals surface area contributed by atoms with Crippen LogP contribution < -0.4 is 0 Å². The van der Waals surface area contributed by atoms with E-state index < -0.39 is 0 Å². The number of aromatic nitrogens is 3. The molecule has 0 amide bonds. The molecule has 3 aromatic rings. The van der Waals surface area contributed by atoms with Crippen LogP contribution in [0.15, 0.2) is 36.5 Å². The Hall–Kier alpha value is -2.67. The molecule has 0 fully saturated rings. The zero-order chi connectivity index (χ0) is 12.5. The Morgan fingerprint density at radius 3 is 2.67 bits per heavy atom. The minimum atomic E-state index is 0.643. The average Bonchev–Trinajstić information content (AvgIpc) is 2.79. The smallest absolute Gasteiger partial charge is 0.115 e. The van der Waals surface area contributed by atoms with Crippen molar-refractivity contribution in [3.05, 3.63) is 47.9 Å². The van der Waals surface area contributed by atoms with E-state index in [1.807, 2.05) is 25.1 Å². The quantitative estimate of drug-likeness (QED) is 0.704. The van der Waals surface area contributed by atoms with Crippen LogP contribution in [0, 0.1) is 18.3 Å². The molecule has 1 N–H and O–H groups in total. The van der Waals surface area contributed by atoms with Crippen LogP contribution >= 0.6 is 0 Å². The molecule has 18 heavy (non-hydrogen) atoms. The Kier molecular flexibility index (Phi) is 2.31. The number of pyridine rings is 1. The first kappa shape index (κ1) is 10.5. The number of H-pyrrole nitrogens is 1. The maximum absolute atomic E-state index is 8.79. The normalized spacial score (nSPS) is 10.4. The number of nitrogens with one attached hydrogen (secondary N) is 1. The first-order chi connectivity index (χ1) is 8.78. The van der Waals surface area contributed by atoms with Gasteiger partial charge in [0.25, 0.3) is 0 Å². The molecule has 0 aliphatic heterocycles. The predicted molar refractivity (Wildman–Crippen MR) is 68.8 cm³/mol. The van der Waals surface area contributed by atoms with E-state index >= 15 is 0 Å². The summed E-state index contributed by atoms with van der Waals surface area (Å²) in [6, 6.07) is 11.4. The molecule has 0 aliphatic carbocycles. The lowest BCUT2D eigenvalue weighted by Crippen LogP contribution is -1.85. The van der Waals surface area contributed by atoms with Gasteiger partial charge in [0.05, 0.1) is 22.8 Å². The van der Waals surface area contributed by atoms with Crippen LogP contribution in [0.3, 0.4) is 0 Å². The molecule has 0 bridgehead atoms. The largest absolute Gasteiger partial charge is 0.342 e. The van der Waals surface area contributed by atoms with Crippen molar-refractivity contribution in [2.24, 2.45) is 0 Å². The number of hydrogen-bond acceptors (Lipinski definition) is 3. The van der Waals surface area contributed by atoms with Crippen LogP contribution in [0.25, 0.3) is 22.3 Å². The highest BCUT2D eigenvalue weighted by atomic mass is 14.9. The molecule has 0 unspecified atom stereocenters. The molecule has 3 rings (SSSR count). The third kappa shape index (κ3) is 1.62. The standard InChI is InChI=1S/C14H10N4/c1-9-17-12-6-7-16-13(14(12)18-9)11-4-2-10(8-15)3-5-11/h2-7H,1H3,(H,17,18). The highest BCUT2D eigenvalue weighted by molar-refractivity contribution is 5.89. The first-order valence-corrected chi connectivity index (χ1v) is 5.60. The summed E-state index contributed by atoms with van der Waals surface area (Å²) in [5.74, 6) is 0.868. The van der Waals surface area contributed by atoms with E-state index in [4.69, 9.17) is 5.26 Å². The fraction of sp³-hybridized carbons (Fsp3) is 0.0714. The van der Waals surface area contributed by atoms with E-state index in [9.17, 15) is 0 Å². The number of rotatable bonds is 1. The van der Waals surface area contributed by atoms with Gasteiger partial charge in [-0.3, -0.25) is 4.98 Å². The molecule has 0 aliphatic rings. The van der Waals surface area contributed by atoms with Crippen LogP contribution in [-0.4, -0.2) is 15.0 Å². The van der Waals surface area contributed by atoms with Crippen molar-refractivity contribution in [1.29, 1.82) is 5.26 Å². The van der Waals surface area contributed by atoms with Gasteiger partial charge in [-0.25, -0.2) is 4.98 Å². The van der Waals surface area contributed by atoms with Gasteiger partial charge in [0, 0.05) is 11.8 Å². The van der Waals surface area contributed by atoms with Crippen LogP contribution in [0.4, 0.5) is 0 Å². The van der Waals surface area contributed by atoms with E-state index in [-0.39, 0.29) is 0 Å². The molecule has 86 valence electrons. The average molecular weight is 234 g/mol. The van der Waals surface area contributed by atoms with E-state index in [0.717, 1.165) is 28.1 Å². The van der Waals surface area contributed by atoms with Gasteiger partial charge in [-0.05, 0) is 25.1 Å². The number of fused-ring (bicyclic) bond motifs is 1. The topological polar surface area (TPSA) is 65.4 Å². The summed E-state index contributed by atoms with van der Waals surface area (Å²) in [5, 5.41) is 8.79. The monoisotopic (exact) mass is 234 g/mol. The minimum Gasteiger partial charge on any atom is -0.342 e. The molecule has 2 heterocycles. The molecule has 0 saturated heterocycles. The van der Waals surface area contributed by atoms with Crippen LogP contribution in [0.1, 0.15) is 11.4 Å². The molecule has 0 radical (unpaired) electrons. The van der Waals surface area contributed by atoms with Crippen molar-refractivity contribution in [3.8, 4) is 17.3 Å². The Balaban J connectivity index is 2.21. The Bertz CT molecular complexity index is 748. The molecule has 0 saturated carbocycles. The molecular formula is C14H10N4. The van der Waals surface area contributed by atoms with Gasteiger partial charge in [-0.2, -0.15) is 5.26 Å².